The van der Waals surface area contributed by atoms with Gasteiger partial charge in [-0.2, -0.15) is 0 Å². The molecule has 0 aliphatic carbocycles. The fourth-order valence-electron chi connectivity index (χ4n) is 1.89. The Bertz CT molecular complexity index is 629. The van der Waals surface area contributed by atoms with Crippen LogP contribution in [-0.4, -0.2) is 0 Å². The minimum Gasteiger partial charge on any atom is -0.320 e. The molecule has 1 unspecified atom stereocenters. The molecule has 2 aromatic rings. The molecule has 0 amide bonds. The van der Waals surface area contributed by atoms with Gasteiger partial charge in [-0.3, -0.25) is 0 Å². The van der Waals surface area contributed by atoms with Gasteiger partial charge in [-0.25, -0.2) is 8.78 Å². The lowest BCUT2D eigenvalue weighted by Crippen LogP contribution is -2.14. The van der Waals surface area contributed by atoms with Crippen LogP contribution >= 0.6 is 23.2 Å². The molecule has 0 spiro atoms. The molecule has 0 fully saturated rings. The second kappa shape index (κ2) is 5.45. The van der Waals surface area contributed by atoms with E-state index in [1.807, 2.05) is 13.0 Å². The molecule has 100 valence electrons. The first-order valence-electron chi connectivity index (χ1n) is 5.56. The normalized spacial score (nSPS) is 12.5. The highest BCUT2D eigenvalue weighted by atomic mass is 35.5. The molecule has 2 aromatic carbocycles. The van der Waals surface area contributed by atoms with Crippen LogP contribution in [0.5, 0.6) is 0 Å². The van der Waals surface area contributed by atoms with Crippen LogP contribution in [0.25, 0.3) is 0 Å². The van der Waals surface area contributed by atoms with Crippen molar-refractivity contribution in [1.29, 1.82) is 0 Å². The molecule has 0 heterocycles. The Morgan fingerprint density at radius 2 is 1.63 bits per heavy atom. The fraction of sp³-hybridized carbons (Fsp3) is 0.143. The average molecular weight is 302 g/mol. The maximum Gasteiger partial charge on any atom is 0.160 e. The number of rotatable bonds is 2. The van der Waals surface area contributed by atoms with Crippen molar-refractivity contribution in [2.45, 2.75) is 13.0 Å². The molecule has 0 saturated carbocycles. The Morgan fingerprint density at radius 3 is 2.32 bits per heavy atom. The molecular weight excluding hydrogens is 291 g/mol. The molecule has 5 heteroatoms. The fourth-order valence-corrected chi connectivity index (χ4v) is 2.34. The first-order valence-corrected chi connectivity index (χ1v) is 6.32. The summed E-state index contributed by atoms with van der Waals surface area (Å²) in [4.78, 5) is 0. The van der Waals surface area contributed by atoms with E-state index in [0.717, 1.165) is 23.3 Å². The monoisotopic (exact) mass is 301 g/mol. The van der Waals surface area contributed by atoms with E-state index in [-0.39, 0.29) is 5.02 Å². The van der Waals surface area contributed by atoms with Crippen LogP contribution in [0.2, 0.25) is 10.0 Å². The Hall–Kier alpha value is -1.16. The van der Waals surface area contributed by atoms with Gasteiger partial charge in [0.05, 0.1) is 6.04 Å². The molecule has 2 rings (SSSR count). The predicted molar refractivity (Wildman–Crippen MR) is 73.6 cm³/mol. The van der Waals surface area contributed by atoms with Gasteiger partial charge in [-0.1, -0.05) is 29.3 Å². The molecule has 1 nitrogen and oxygen atoms in total. The molecule has 0 aliphatic heterocycles. The summed E-state index contributed by atoms with van der Waals surface area (Å²) in [5, 5.41) is 0.612. The van der Waals surface area contributed by atoms with Crippen molar-refractivity contribution < 1.29 is 8.78 Å². The minimum atomic E-state index is -0.997. The van der Waals surface area contributed by atoms with E-state index < -0.39 is 17.7 Å². The first-order chi connectivity index (χ1) is 8.90. The third-order valence-corrected chi connectivity index (χ3v) is 3.51. The minimum absolute atomic E-state index is 0.0887. The second-order valence-corrected chi connectivity index (χ2v) is 5.11. The Balaban J connectivity index is 2.52. The summed E-state index contributed by atoms with van der Waals surface area (Å²) in [6.45, 7) is 1.86. The first kappa shape index (κ1) is 14.3. The van der Waals surface area contributed by atoms with Gasteiger partial charge in [0.15, 0.2) is 11.6 Å². The van der Waals surface area contributed by atoms with Crippen molar-refractivity contribution in [2.24, 2.45) is 5.73 Å². The smallest absolute Gasteiger partial charge is 0.160 e. The van der Waals surface area contributed by atoms with E-state index in [1.54, 1.807) is 12.1 Å². The van der Waals surface area contributed by atoms with Gasteiger partial charge in [0, 0.05) is 10.0 Å². The Morgan fingerprint density at radius 1 is 1.00 bits per heavy atom. The van der Waals surface area contributed by atoms with Gasteiger partial charge in [0.1, 0.15) is 0 Å². The molecule has 0 aromatic heterocycles. The second-order valence-electron chi connectivity index (χ2n) is 4.27. The lowest BCUT2D eigenvalue weighted by Gasteiger charge is -2.17. The lowest BCUT2D eigenvalue weighted by molar-refractivity contribution is 0.506. The molecule has 0 saturated heterocycles. The van der Waals surface area contributed by atoms with Gasteiger partial charge in [0.25, 0.3) is 0 Å². The van der Waals surface area contributed by atoms with E-state index in [1.165, 1.54) is 0 Å². The topological polar surface area (TPSA) is 26.0 Å². The Kier molecular flexibility index (Phi) is 4.09. The van der Waals surface area contributed by atoms with Crippen LogP contribution in [0, 0.1) is 18.6 Å². The van der Waals surface area contributed by atoms with Crippen LogP contribution in [-0.2, 0) is 0 Å². The highest BCUT2D eigenvalue weighted by Crippen LogP contribution is 2.31. The summed E-state index contributed by atoms with van der Waals surface area (Å²) in [5.41, 5.74) is 8.02. The third-order valence-electron chi connectivity index (χ3n) is 2.95. The van der Waals surface area contributed by atoms with Crippen molar-refractivity contribution in [1.82, 2.24) is 0 Å². The number of nitrogens with two attached hydrogens (primary N) is 1. The number of halogens is 4. The van der Waals surface area contributed by atoms with Crippen LogP contribution in [0.15, 0.2) is 30.3 Å². The molecule has 0 radical (unpaired) electrons. The van der Waals surface area contributed by atoms with Gasteiger partial charge < -0.3 is 5.73 Å². The summed E-state index contributed by atoms with van der Waals surface area (Å²) >= 11 is 11.8. The summed E-state index contributed by atoms with van der Waals surface area (Å²) in [5.74, 6) is -1.97. The predicted octanol–water partition coefficient (Wildman–Crippen LogP) is 4.63. The molecule has 2 N–H and O–H groups in total. The van der Waals surface area contributed by atoms with Crippen LogP contribution in [0.4, 0.5) is 8.78 Å². The summed E-state index contributed by atoms with van der Waals surface area (Å²) < 4.78 is 26.3. The number of benzene rings is 2. The zero-order chi connectivity index (χ0) is 14.2. The third kappa shape index (κ3) is 2.89. The van der Waals surface area contributed by atoms with Crippen LogP contribution in [0.3, 0.4) is 0 Å². The van der Waals surface area contributed by atoms with Crippen molar-refractivity contribution in [3.8, 4) is 0 Å². The van der Waals surface area contributed by atoms with E-state index in [9.17, 15) is 8.78 Å². The largest absolute Gasteiger partial charge is 0.320 e. The SMILES string of the molecule is Cc1ccc(Cl)cc1C(N)c1cc(F)c(F)cc1Cl. The quantitative estimate of drug-likeness (QED) is 0.804. The van der Waals surface area contributed by atoms with Gasteiger partial charge in [-0.05, 0) is 47.9 Å². The van der Waals surface area contributed by atoms with E-state index in [4.69, 9.17) is 28.9 Å². The van der Waals surface area contributed by atoms with Crippen molar-refractivity contribution in [3.63, 3.8) is 0 Å². The molecule has 1 atom stereocenters. The average Bonchev–Trinajstić information content (AvgIpc) is 2.36. The van der Waals surface area contributed by atoms with Crippen LogP contribution < -0.4 is 5.73 Å². The molecule has 19 heavy (non-hydrogen) atoms. The summed E-state index contributed by atoms with van der Waals surface area (Å²) in [7, 11) is 0. The standard InChI is InChI=1S/C14H11Cl2F2N/c1-7-2-3-8(15)4-9(7)14(19)10-5-12(17)13(18)6-11(10)16/h2-6,14H,19H2,1H3. The molecular formula is C14H11Cl2F2N. The van der Waals surface area contributed by atoms with Crippen molar-refractivity contribution in [3.05, 3.63) is 68.7 Å². The van der Waals surface area contributed by atoms with Crippen molar-refractivity contribution >= 4 is 23.2 Å². The highest BCUT2D eigenvalue weighted by molar-refractivity contribution is 6.31. The number of hydrogen-bond acceptors (Lipinski definition) is 1. The van der Waals surface area contributed by atoms with Crippen LogP contribution in [0.1, 0.15) is 22.7 Å². The summed E-state index contributed by atoms with van der Waals surface area (Å²) in [6, 6.07) is 6.51. The van der Waals surface area contributed by atoms with E-state index >= 15 is 0 Å². The van der Waals surface area contributed by atoms with Gasteiger partial charge >= 0.3 is 0 Å². The molecule has 0 aliphatic rings. The maximum absolute atomic E-state index is 13.3. The Labute approximate surface area is 119 Å². The maximum atomic E-state index is 13.3. The molecule has 0 bridgehead atoms. The highest BCUT2D eigenvalue weighted by Gasteiger charge is 2.18. The summed E-state index contributed by atoms with van der Waals surface area (Å²) in [6.07, 6.45) is 0. The number of aryl methyl sites for hydroxylation is 1. The van der Waals surface area contributed by atoms with Crippen molar-refractivity contribution in [2.75, 3.05) is 0 Å². The number of hydrogen-bond donors (Lipinski definition) is 1. The lowest BCUT2D eigenvalue weighted by atomic mass is 9.95. The van der Waals surface area contributed by atoms with Gasteiger partial charge in [-0.15, -0.1) is 0 Å². The van der Waals surface area contributed by atoms with E-state index in [0.29, 0.717) is 10.6 Å². The zero-order valence-electron chi connectivity index (χ0n) is 10.1. The zero-order valence-corrected chi connectivity index (χ0v) is 11.6. The van der Waals surface area contributed by atoms with Gasteiger partial charge in [0.2, 0.25) is 0 Å². The van der Waals surface area contributed by atoms with E-state index in [2.05, 4.69) is 0 Å².